The number of aromatic nitrogens is 2. The van der Waals surface area contributed by atoms with Crippen molar-refractivity contribution >= 4 is 15.9 Å². The van der Waals surface area contributed by atoms with Crippen LogP contribution in [0.25, 0.3) is 0 Å². The Morgan fingerprint density at radius 3 is 2.79 bits per heavy atom. The Morgan fingerprint density at radius 2 is 2.05 bits per heavy atom. The van der Waals surface area contributed by atoms with Gasteiger partial charge >= 0.3 is 0 Å². The summed E-state index contributed by atoms with van der Waals surface area (Å²) in [7, 11) is 0. The largest absolute Gasteiger partial charge is 0.311 e. The molecule has 0 amide bonds. The van der Waals surface area contributed by atoms with Crippen LogP contribution in [-0.4, -0.2) is 16.1 Å². The maximum atomic E-state index is 11.9. The van der Waals surface area contributed by atoms with E-state index in [0.717, 1.165) is 18.9 Å². The van der Waals surface area contributed by atoms with E-state index in [0.29, 0.717) is 11.0 Å². The maximum Gasteiger partial charge on any atom is 0.267 e. The Bertz CT molecular complexity index is 595. The number of benzene rings is 1. The summed E-state index contributed by atoms with van der Waals surface area (Å²) in [6, 6.07) is 10.2. The van der Waals surface area contributed by atoms with Crippen molar-refractivity contribution in [1.82, 2.24) is 14.9 Å². The molecule has 2 aromatic rings. The van der Waals surface area contributed by atoms with Gasteiger partial charge in [0.15, 0.2) is 0 Å². The lowest BCUT2D eigenvalue weighted by atomic mass is 10.2. The molecule has 1 aromatic carbocycles. The molecule has 1 aromatic heterocycles. The highest BCUT2D eigenvalue weighted by Gasteiger charge is 2.04. The summed E-state index contributed by atoms with van der Waals surface area (Å²) < 4.78 is 2.17. The highest BCUT2D eigenvalue weighted by Crippen LogP contribution is 2.01. The van der Waals surface area contributed by atoms with Gasteiger partial charge < -0.3 is 5.32 Å². The second-order valence-corrected chi connectivity index (χ2v) is 5.13. The predicted octanol–water partition coefficient (Wildman–Crippen LogP) is 2.10. The monoisotopic (exact) mass is 321 g/mol. The van der Waals surface area contributed by atoms with Crippen LogP contribution in [-0.2, 0) is 13.1 Å². The number of rotatable bonds is 5. The van der Waals surface area contributed by atoms with E-state index < -0.39 is 0 Å². The second kappa shape index (κ2) is 6.63. The van der Waals surface area contributed by atoms with Crippen LogP contribution < -0.4 is 10.9 Å². The van der Waals surface area contributed by atoms with Crippen molar-refractivity contribution in [3.05, 3.63) is 62.7 Å². The fraction of sp³-hybridized carbons (Fsp3) is 0.286. The van der Waals surface area contributed by atoms with E-state index in [1.54, 1.807) is 10.8 Å². The van der Waals surface area contributed by atoms with Crippen LogP contribution in [0.4, 0.5) is 0 Å². The van der Waals surface area contributed by atoms with Gasteiger partial charge in [0.1, 0.15) is 10.3 Å². The molecule has 19 heavy (non-hydrogen) atoms. The minimum atomic E-state index is -0.0333. The molecule has 4 nitrogen and oxygen atoms in total. The van der Waals surface area contributed by atoms with Gasteiger partial charge in [-0.2, -0.15) is 0 Å². The molecule has 0 aliphatic carbocycles. The second-order valence-electron chi connectivity index (χ2n) is 4.27. The third-order valence-corrected chi connectivity index (χ3v) is 3.43. The number of hydrogen-bond donors (Lipinski definition) is 1. The normalized spacial score (nSPS) is 10.6. The molecule has 1 N–H and O–H groups in total. The molecule has 0 fully saturated rings. The maximum absolute atomic E-state index is 11.9. The summed E-state index contributed by atoms with van der Waals surface area (Å²) >= 11 is 3.21. The smallest absolute Gasteiger partial charge is 0.267 e. The SMILES string of the molecule is Cc1ncc(Br)c(=O)n1CCNCc1ccccc1. The van der Waals surface area contributed by atoms with Crippen molar-refractivity contribution in [2.24, 2.45) is 0 Å². The molecule has 0 spiro atoms. The number of aryl methyl sites for hydroxylation is 1. The number of halogens is 1. The fourth-order valence-electron chi connectivity index (χ4n) is 1.83. The van der Waals surface area contributed by atoms with E-state index in [9.17, 15) is 4.79 Å². The Labute approximate surface area is 120 Å². The summed E-state index contributed by atoms with van der Waals surface area (Å²) in [5.41, 5.74) is 1.20. The van der Waals surface area contributed by atoms with Crippen LogP contribution in [0.5, 0.6) is 0 Å². The molecule has 0 atom stereocenters. The highest BCUT2D eigenvalue weighted by molar-refractivity contribution is 9.10. The fourth-order valence-corrected chi connectivity index (χ4v) is 2.15. The quantitative estimate of drug-likeness (QED) is 0.858. The third kappa shape index (κ3) is 3.75. The molecule has 0 bridgehead atoms. The molecule has 0 saturated heterocycles. The van der Waals surface area contributed by atoms with E-state index in [-0.39, 0.29) is 5.56 Å². The molecule has 0 aliphatic heterocycles. The van der Waals surface area contributed by atoms with Crippen molar-refractivity contribution in [3.8, 4) is 0 Å². The van der Waals surface area contributed by atoms with Gasteiger partial charge in [0.05, 0.1) is 0 Å². The van der Waals surface area contributed by atoms with Crippen LogP contribution in [0.2, 0.25) is 0 Å². The summed E-state index contributed by atoms with van der Waals surface area (Å²) in [5, 5.41) is 3.32. The van der Waals surface area contributed by atoms with Gasteiger partial charge in [-0.05, 0) is 28.4 Å². The Balaban J connectivity index is 1.90. The predicted molar refractivity (Wildman–Crippen MR) is 79.1 cm³/mol. The standard InChI is InChI=1S/C14H16BrN3O/c1-11-17-10-13(15)14(19)18(11)8-7-16-9-12-5-3-2-4-6-12/h2-6,10,16H,7-9H2,1H3. The van der Waals surface area contributed by atoms with E-state index in [1.165, 1.54) is 5.56 Å². The molecule has 0 radical (unpaired) electrons. The van der Waals surface area contributed by atoms with Crippen LogP contribution in [0.15, 0.2) is 45.8 Å². The minimum absolute atomic E-state index is 0.0333. The van der Waals surface area contributed by atoms with Gasteiger partial charge in [-0.15, -0.1) is 0 Å². The first-order valence-corrected chi connectivity index (χ1v) is 6.94. The molecule has 0 saturated carbocycles. The summed E-state index contributed by atoms with van der Waals surface area (Å²) in [5.74, 6) is 0.731. The summed E-state index contributed by atoms with van der Waals surface area (Å²) in [4.78, 5) is 16.1. The van der Waals surface area contributed by atoms with Crippen LogP contribution in [0.1, 0.15) is 11.4 Å². The topological polar surface area (TPSA) is 46.9 Å². The summed E-state index contributed by atoms with van der Waals surface area (Å²) in [6.07, 6.45) is 1.55. The molecule has 1 heterocycles. The van der Waals surface area contributed by atoms with Crippen molar-refractivity contribution in [2.75, 3.05) is 6.54 Å². The Kier molecular flexibility index (Phi) is 4.87. The lowest BCUT2D eigenvalue weighted by Gasteiger charge is -2.10. The number of nitrogens with zero attached hydrogens (tertiary/aromatic N) is 2. The first-order valence-electron chi connectivity index (χ1n) is 6.15. The lowest BCUT2D eigenvalue weighted by molar-refractivity contribution is 0.564. The molecular formula is C14H16BrN3O. The van der Waals surface area contributed by atoms with E-state index in [2.05, 4.69) is 38.4 Å². The van der Waals surface area contributed by atoms with Gasteiger partial charge in [-0.1, -0.05) is 30.3 Å². The summed E-state index contributed by atoms with van der Waals surface area (Å²) in [6.45, 7) is 3.98. The Hall–Kier alpha value is -1.46. The average Bonchev–Trinajstić information content (AvgIpc) is 2.43. The highest BCUT2D eigenvalue weighted by atomic mass is 79.9. The molecule has 2 rings (SSSR count). The molecule has 100 valence electrons. The van der Waals surface area contributed by atoms with Gasteiger partial charge in [-0.25, -0.2) is 4.98 Å². The molecule has 0 unspecified atom stereocenters. The van der Waals surface area contributed by atoms with E-state index >= 15 is 0 Å². The van der Waals surface area contributed by atoms with E-state index in [4.69, 9.17) is 0 Å². The Morgan fingerprint density at radius 1 is 1.32 bits per heavy atom. The number of hydrogen-bond acceptors (Lipinski definition) is 3. The first kappa shape index (κ1) is 14.0. The van der Waals surface area contributed by atoms with Gasteiger partial charge in [-0.3, -0.25) is 9.36 Å². The van der Waals surface area contributed by atoms with Crippen molar-refractivity contribution < 1.29 is 0 Å². The molecule has 0 aliphatic rings. The zero-order chi connectivity index (χ0) is 13.7. The van der Waals surface area contributed by atoms with E-state index in [1.807, 2.05) is 25.1 Å². The molecule has 5 heteroatoms. The number of nitrogens with one attached hydrogen (secondary N) is 1. The van der Waals surface area contributed by atoms with Gasteiger partial charge in [0, 0.05) is 25.8 Å². The first-order chi connectivity index (χ1) is 9.18. The molecular weight excluding hydrogens is 306 g/mol. The average molecular weight is 322 g/mol. The third-order valence-electron chi connectivity index (χ3n) is 2.89. The van der Waals surface area contributed by atoms with Crippen molar-refractivity contribution in [3.63, 3.8) is 0 Å². The van der Waals surface area contributed by atoms with Crippen LogP contribution in [0, 0.1) is 6.92 Å². The van der Waals surface area contributed by atoms with Crippen LogP contribution >= 0.6 is 15.9 Å². The van der Waals surface area contributed by atoms with Crippen molar-refractivity contribution in [1.29, 1.82) is 0 Å². The lowest BCUT2D eigenvalue weighted by Crippen LogP contribution is -2.29. The minimum Gasteiger partial charge on any atom is -0.311 e. The zero-order valence-electron chi connectivity index (χ0n) is 10.8. The zero-order valence-corrected chi connectivity index (χ0v) is 12.4. The van der Waals surface area contributed by atoms with Crippen molar-refractivity contribution in [2.45, 2.75) is 20.0 Å². The van der Waals surface area contributed by atoms with Gasteiger partial charge in [0.25, 0.3) is 5.56 Å². The van der Waals surface area contributed by atoms with Crippen LogP contribution in [0.3, 0.4) is 0 Å². The van der Waals surface area contributed by atoms with Gasteiger partial charge in [0.2, 0.25) is 0 Å².